The van der Waals surface area contributed by atoms with Crippen molar-refractivity contribution in [2.75, 3.05) is 62.4 Å². The van der Waals surface area contributed by atoms with Gasteiger partial charge in [-0.15, -0.1) is 0 Å². The van der Waals surface area contributed by atoms with Crippen molar-refractivity contribution < 1.29 is 13.9 Å². The zero-order valence-corrected chi connectivity index (χ0v) is 15.4. The van der Waals surface area contributed by atoms with E-state index in [-0.39, 0.29) is 5.82 Å². The van der Waals surface area contributed by atoms with E-state index >= 15 is 0 Å². The Morgan fingerprint density at radius 3 is 2.07 bits per heavy atom. The molecule has 2 aliphatic rings. The van der Waals surface area contributed by atoms with Crippen LogP contribution in [0.15, 0.2) is 24.4 Å². The summed E-state index contributed by atoms with van der Waals surface area (Å²) in [5, 5.41) is 0.883. The van der Waals surface area contributed by atoms with Gasteiger partial charge in [0.1, 0.15) is 5.82 Å². The summed E-state index contributed by atoms with van der Waals surface area (Å²) < 4.78 is 25.1. The molecule has 0 spiro atoms. The molecule has 0 radical (unpaired) electrons. The molecule has 5 rings (SSSR count). The van der Waals surface area contributed by atoms with Crippen LogP contribution < -0.4 is 9.80 Å². The molecule has 0 atom stereocenters. The lowest BCUT2D eigenvalue weighted by atomic mass is 10.1. The van der Waals surface area contributed by atoms with Crippen molar-refractivity contribution in [2.24, 2.45) is 0 Å². The van der Waals surface area contributed by atoms with E-state index in [1.807, 2.05) is 6.07 Å². The molecule has 2 saturated heterocycles. The quantitative estimate of drug-likeness (QED) is 0.738. The average Bonchev–Trinajstić information content (AvgIpc) is 3.22. The van der Waals surface area contributed by atoms with Gasteiger partial charge < -0.3 is 24.3 Å². The Labute approximate surface area is 161 Å². The highest BCUT2D eigenvalue weighted by Crippen LogP contribution is 2.29. The van der Waals surface area contributed by atoms with E-state index in [0.29, 0.717) is 75.9 Å². The van der Waals surface area contributed by atoms with Gasteiger partial charge in [0, 0.05) is 48.8 Å². The molecule has 3 aromatic rings. The number of nitrogens with one attached hydrogen (secondary N) is 1. The first-order valence-electron chi connectivity index (χ1n) is 9.46. The number of hydrogen-bond acceptors (Lipinski definition) is 7. The number of ether oxygens (including phenoxy) is 2. The highest BCUT2D eigenvalue weighted by atomic mass is 19.1. The largest absolute Gasteiger partial charge is 0.378 e. The molecule has 2 fully saturated rings. The molecule has 0 bridgehead atoms. The monoisotopic (exact) mass is 384 g/mol. The Hall–Kier alpha value is -2.78. The highest BCUT2D eigenvalue weighted by molar-refractivity contribution is 5.93. The molecule has 4 heterocycles. The third-order valence-corrected chi connectivity index (χ3v) is 5.07. The summed E-state index contributed by atoms with van der Waals surface area (Å²) in [5.41, 5.74) is 1.37. The van der Waals surface area contributed by atoms with Gasteiger partial charge in [0.15, 0.2) is 5.82 Å². The van der Waals surface area contributed by atoms with E-state index in [0.717, 1.165) is 10.9 Å². The molecule has 9 heteroatoms. The lowest BCUT2D eigenvalue weighted by molar-refractivity contribution is 0.121. The third-order valence-electron chi connectivity index (χ3n) is 5.07. The molecular weight excluding hydrogens is 363 g/mol. The van der Waals surface area contributed by atoms with Crippen LogP contribution in [0.2, 0.25) is 0 Å². The van der Waals surface area contributed by atoms with Crippen LogP contribution in [0.5, 0.6) is 0 Å². The Morgan fingerprint density at radius 2 is 1.46 bits per heavy atom. The van der Waals surface area contributed by atoms with Gasteiger partial charge in [-0.1, -0.05) is 0 Å². The summed E-state index contributed by atoms with van der Waals surface area (Å²) in [6.07, 6.45) is 1.79. The van der Waals surface area contributed by atoms with Gasteiger partial charge in [-0.2, -0.15) is 15.0 Å². The van der Waals surface area contributed by atoms with Crippen molar-refractivity contribution in [1.29, 1.82) is 0 Å². The van der Waals surface area contributed by atoms with Crippen LogP contribution in [0.25, 0.3) is 22.3 Å². The zero-order chi connectivity index (χ0) is 18.9. The second-order valence-corrected chi connectivity index (χ2v) is 6.85. The van der Waals surface area contributed by atoms with Crippen molar-refractivity contribution in [3.8, 4) is 11.4 Å². The molecule has 146 valence electrons. The fourth-order valence-electron chi connectivity index (χ4n) is 3.60. The van der Waals surface area contributed by atoms with E-state index in [2.05, 4.69) is 14.8 Å². The number of nitrogens with zero attached hydrogens (tertiary/aromatic N) is 5. The number of aromatic amines is 1. The second-order valence-electron chi connectivity index (χ2n) is 6.85. The van der Waals surface area contributed by atoms with Crippen molar-refractivity contribution in [3.63, 3.8) is 0 Å². The summed E-state index contributed by atoms with van der Waals surface area (Å²) in [4.78, 5) is 21.4. The van der Waals surface area contributed by atoms with Gasteiger partial charge >= 0.3 is 0 Å². The van der Waals surface area contributed by atoms with Crippen LogP contribution in [0.4, 0.5) is 16.3 Å². The third kappa shape index (κ3) is 3.27. The van der Waals surface area contributed by atoms with Gasteiger partial charge in [-0.25, -0.2) is 4.39 Å². The van der Waals surface area contributed by atoms with Crippen LogP contribution in [0.3, 0.4) is 0 Å². The smallest absolute Gasteiger partial charge is 0.230 e. The van der Waals surface area contributed by atoms with Gasteiger partial charge in [-0.05, 0) is 18.2 Å². The minimum absolute atomic E-state index is 0.328. The van der Waals surface area contributed by atoms with Gasteiger partial charge in [0.25, 0.3) is 0 Å². The lowest BCUT2D eigenvalue weighted by Crippen LogP contribution is -2.40. The van der Waals surface area contributed by atoms with Crippen molar-refractivity contribution in [3.05, 3.63) is 30.2 Å². The first-order valence-corrected chi connectivity index (χ1v) is 9.46. The Bertz CT molecular complexity index is 945. The SMILES string of the molecule is Fc1cc(-c2nc(N3CCOCC3)nc(N3CCOCC3)n2)c2cc[nH]c2c1. The number of aromatic nitrogens is 4. The van der Waals surface area contributed by atoms with Crippen LogP contribution in [-0.2, 0) is 9.47 Å². The molecular formula is C19H21FN6O2. The number of rotatable bonds is 3. The minimum atomic E-state index is -0.328. The van der Waals surface area contributed by atoms with E-state index in [1.54, 1.807) is 6.20 Å². The van der Waals surface area contributed by atoms with Crippen molar-refractivity contribution in [2.45, 2.75) is 0 Å². The maximum absolute atomic E-state index is 14.2. The lowest BCUT2D eigenvalue weighted by Gasteiger charge is -2.30. The number of anilines is 2. The normalized spacial score (nSPS) is 18.0. The fraction of sp³-hybridized carbons (Fsp3) is 0.421. The Morgan fingerprint density at radius 1 is 0.857 bits per heavy atom. The molecule has 2 aromatic heterocycles. The predicted octanol–water partition coefficient (Wildman–Crippen LogP) is 1.83. The van der Waals surface area contributed by atoms with E-state index in [9.17, 15) is 4.39 Å². The maximum Gasteiger partial charge on any atom is 0.230 e. The minimum Gasteiger partial charge on any atom is -0.378 e. The summed E-state index contributed by atoms with van der Waals surface area (Å²) in [6.45, 7) is 5.41. The molecule has 8 nitrogen and oxygen atoms in total. The molecule has 0 aliphatic carbocycles. The van der Waals surface area contributed by atoms with Crippen molar-refractivity contribution >= 4 is 22.8 Å². The second kappa shape index (κ2) is 7.33. The summed E-state index contributed by atoms with van der Waals surface area (Å²) in [5.74, 6) is 1.35. The zero-order valence-electron chi connectivity index (χ0n) is 15.4. The molecule has 0 saturated carbocycles. The average molecular weight is 384 g/mol. The topological polar surface area (TPSA) is 79.4 Å². The van der Waals surface area contributed by atoms with Crippen LogP contribution in [-0.4, -0.2) is 72.5 Å². The van der Waals surface area contributed by atoms with Gasteiger partial charge in [0.2, 0.25) is 11.9 Å². The summed E-state index contributed by atoms with van der Waals surface area (Å²) >= 11 is 0. The molecule has 28 heavy (non-hydrogen) atoms. The molecule has 1 N–H and O–H groups in total. The number of benzene rings is 1. The van der Waals surface area contributed by atoms with Gasteiger partial charge in [0.05, 0.1) is 26.4 Å². The Balaban J connectivity index is 1.64. The van der Waals surface area contributed by atoms with E-state index in [4.69, 9.17) is 24.4 Å². The molecule has 0 amide bonds. The molecule has 2 aliphatic heterocycles. The van der Waals surface area contributed by atoms with Crippen molar-refractivity contribution in [1.82, 2.24) is 19.9 Å². The first kappa shape index (κ1) is 17.3. The predicted molar refractivity (Wildman–Crippen MR) is 103 cm³/mol. The highest BCUT2D eigenvalue weighted by Gasteiger charge is 2.22. The number of halogens is 1. The van der Waals surface area contributed by atoms with E-state index < -0.39 is 0 Å². The fourth-order valence-corrected chi connectivity index (χ4v) is 3.60. The first-order chi connectivity index (χ1) is 13.8. The van der Waals surface area contributed by atoms with Crippen LogP contribution in [0, 0.1) is 5.82 Å². The number of H-pyrrole nitrogens is 1. The Kier molecular flexibility index (Phi) is 4.53. The standard InChI is InChI=1S/C19H21FN6O2/c20-13-11-15(14-1-2-21-16(14)12-13)17-22-18(25-3-7-27-8-4-25)24-19(23-17)26-5-9-28-10-6-26/h1-2,11-12,21H,3-10H2. The summed E-state index contributed by atoms with van der Waals surface area (Å²) in [6, 6.07) is 4.88. The number of hydrogen-bond donors (Lipinski definition) is 1. The summed E-state index contributed by atoms with van der Waals surface area (Å²) in [7, 11) is 0. The number of fused-ring (bicyclic) bond motifs is 1. The number of morpholine rings is 2. The maximum atomic E-state index is 14.2. The van der Waals surface area contributed by atoms with Gasteiger partial charge in [-0.3, -0.25) is 0 Å². The molecule has 1 aromatic carbocycles. The molecule has 0 unspecified atom stereocenters. The van der Waals surface area contributed by atoms with Crippen LogP contribution >= 0.6 is 0 Å². The van der Waals surface area contributed by atoms with Crippen LogP contribution in [0.1, 0.15) is 0 Å². The van der Waals surface area contributed by atoms with E-state index in [1.165, 1.54) is 12.1 Å².